The van der Waals surface area contributed by atoms with E-state index in [9.17, 15) is 4.79 Å². The van der Waals surface area contributed by atoms with Crippen molar-refractivity contribution in [3.63, 3.8) is 0 Å². The number of hydrogen-bond acceptors (Lipinski definition) is 4. The number of carbonyl (C=O) groups is 1. The smallest absolute Gasteiger partial charge is 0.224 e. The number of aromatic nitrogens is 2. The largest absolute Gasteiger partial charge is 0.369 e. The highest BCUT2D eigenvalue weighted by Gasteiger charge is 2.17. The Morgan fingerprint density at radius 2 is 2.05 bits per heavy atom. The summed E-state index contributed by atoms with van der Waals surface area (Å²) in [7, 11) is 0. The molecule has 0 bridgehead atoms. The van der Waals surface area contributed by atoms with Gasteiger partial charge in [0.15, 0.2) is 0 Å². The summed E-state index contributed by atoms with van der Waals surface area (Å²) in [6, 6.07) is 1.92. The van der Waals surface area contributed by atoms with Crippen LogP contribution in [0.25, 0.3) is 0 Å². The van der Waals surface area contributed by atoms with Crippen LogP contribution in [-0.2, 0) is 4.79 Å². The lowest BCUT2D eigenvalue weighted by Crippen LogP contribution is -2.29. The molecule has 110 valence electrons. The van der Waals surface area contributed by atoms with Gasteiger partial charge in [-0.2, -0.15) is 0 Å². The molecule has 2 rings (SSSR count). The van der Waals surface area contributed by atoms with Crippen LogP contribution in [0.5, 0.6) is 0 Å². The van der Waals surface area contributed by atoms with Crippen LogP contribution in [0.1, 0.15) is 50.5 Å². The number of amides is 1. The van der Waals surface area contributed by atoms with Crippen molar-refractivity contribution in [3.05, 3.63) is 17.6 Å². The molecule has 1 N–H and O–H groups in total. The molecule has 0 aromatic carbocycles. The zero-order chi connectivity index (χ0) is 14.5. The van der Waals surface area contributed by atoms with Gasteiger partial charge in [-0.3, -0.25) is 4.79 Å². The van der Waals surface area contributed by atoms with Gasteiger partial charge in [-0.1, -0.05) is 13.8 Å². The predicted octanol–water partition coefficient (Wildman–Crippen LogP) is 2.33. The van der Waals surface area contributed by atoms with E-state index in [-0.39, 0.29) is 5.91 Å². The third-order valence-electron chi connectivity index (χ3n) is 3.49. The average Bonchev–Trinajstić information content (AvgIpc) is 2.91. The van der Waals surface area contributed by atoms with Gasteiger partial charge in [-0.15, -0.1) is 0 Å². The van der Waals surface area contributed by atoms with E-state index < -0.39 is 0 Å². The van der Waals surface area contributed by atoms with Crippen LogP contribution in [0.2, 0.25) is 0 Å². The molecule has 2 heterocycles. The Hall–Kier alpha value is -1.65. The second kappa shape index (κ2) is 6.68. The maximum absolute atomic E-state index is 11.9. The first kappa shape index (κ1) is 14.8. The van der Waals surface area contributed by atoms with Crippen molar-refractivity contribution in [1.29, 1.82) is 0 Å². The van der Waals surface area contributed by atoms with E-state index in [1.807, 2.05) is 17.9 Å². The van der Waals surface area contributed by atoms with Crippen molar-refractivity contribution >= 4 is 11.7 Å². The number of nitrogens with zero attached hydrogens (tertiary/aromatic N) is 3. The summed E-state index contributed by atoms with van der Waals surface area (Å²) < 4.78 is 0. The average molecular weight is 276 g/mol. The molecular formula is C15H24N4O. The molecule has 20 heavy (non-hydrogen) atoms. The molecule has 0 atom stereocenters. The molecule has 1 amide bonds. The van der Waals surface area contributed by atoms with Crippen LogP contribution >= 0.6 is 0 Å². The molecule has 1 fully saturated rings. The summed E-state index contributed by atoms with van der Waals surface area (Å²) in [5.74, 6) is 2.21. The molecule has 5 nitrogen and oxygen atoms in total. The number of hydrogen-bond donors (Lipinski definition) is 1. The molecule has 1 aromatic heterocycles. The third-order valence-corrected chi connectivity index (χ3v) is 3.49. The van der Waals surface area contributed by atoms with E-state index in [1.54, 1.807) is 0 Å². The van der Waals surface area contributed by atoms with Gasteiger partial charge in [0.2, 0.25) is 5.91 Å². The summed E-state index contributed by atoms with van der Waals surface area (Å²) in [4.78, 5) is 22.8. The molecule has 1 aliphatic rings. The highest BCUT2D eigenvalue weighted by molar-refractivity contribution is 5.76. The van der Waals surface area contributed by atoms with Crippen LogP contribution in [0, 0.1) is 6.92 Å². The SMILES string of the molecule is Cc1cc(NCCC(=O)N2CCCC2)nc(C(C)C)n1. The normalized spacial score (nSPS) is 14.9. The van der Waals surface area contributed by atoms with Gasteiger partial charge in [0.1, 0.15) is 11.6 Å². The number of anilines is 1. The Labute approximate surface area is 120 Å². The predicted molar refractivity (Wildman–Crippen MR) is 79.8 cm³/mol. The Kier molecular flexibility index (Phi) is 4.93. The molecular weight excluding hydrogens is 252 g/mol. The summed E-state index contributed by atoms with van der Waals surface area (Å²) in [5.41, 5.74) is 0.956. The third kappa shape index (κ3) is 3.92. The molecule has 1 aliphatic heterocycles. The Balaban J connectivity index is 1.85. The van der Waals surface area contributed by atoms with Crippen LogP contribution in [0.3, 0.4) is 0 Å². The van der Waals surface area contributed by atoms with Crippen LogP contribution in [-0.4, -0.2) is 40.4 Å². The van der Waals surface area contributed by atoms with E-state index in [1.165, 1.54) is 0 Å². The standard InChI is InChI=1S/C15H24N4O/c1-11(2)15-17-12(3)10-13(18-15)16-7-6-14(20)19-8-4-5-9-19/h10-11H,4-9H2,1-3H3,(H,16,17,18). The quantitative estimate of drug-likeness (QED) is 0.896. The van der Waals surface area contributed by atoms with E-state index in [0.29, 0.717) is 18.9 Å². The minimum absolute atomic E-state index is 0.241. The van der Waals surface area contributed by atoms with Gasteiger partial charge in [0.05, 0.1) is 0 Å². The minimum atomic E-state index is 0.241. The molecule has 0 saturated carbocycles. The molecule has 5 heteroatoms. The maximum Gasteiger partial charge on any atom is 0.224 e. The number of nitrogens with one attached hydrogen (secondary N) is 1. The molecule has 0 unspecified atom stereocenters. The van der Waals surface area contributed by atoms with Gasteiger partial charge in [0.25, 0.3) is 0 Å². The lowest BCUT2D eigenvalue weighted by molar-refractivity contribution is -0.129. The first-order chi connectivity index (χ1) is 9.56. The zero-order valence-electron chi connectivity index (χ0n) is 12.6. The number of likely N-dealkylation sites (tertiary alicyclic amines) is 1. The molecule has 0 radical (unpaired) electrons. The van der Waals surface area contributed by atoms with Gasteiger partial charge >= 0.3 is 0 Å². The highest BCUT2D eigenvalue weighted by atomic mass is 16.2. The second-order valence-corrected chi connectivity index (χ2v) is 5.67. The Morgan fingerprint density at radius 1 is 1.35 bits per heavy atom. The first-order valence-corrected chi connectivity index (χ1v) is 7.43. The molecule has 1 aromatic rings. The summed E-state index contributed by atoms with van der Waals surface area (Å²) in [5, 5.41) is 3.24. The van der Waals surface area contributed by atoms with Crippen LogP contribution < -0.4 is 5.32 Å². The van der Waals surface area contributed by atoms with E-state index in [4.69, 9.17) is 0 Å². The van der Waals surface area contributed by atoms with Crippen molar-refractivity contribution in [1.82, 2.24) is 14.9 Å². The highest BCUT2D eigenvalue weighted by Crippen LogP contribution is 2.14. The van der Waals surface area contributed by atoms with E-state index >= 15 is 0 Å². The van der Waals surface area contributed by atoms with Crippen LogP contribution in [0.15, 0.2) is 6.07 Å². The number of carbonyl (C=O) groups excluding carboxylic acids is 1. The van der Waals surface area contributed by atoms with Gasteiger partial charge in [-0.25, -0.2) is 9.97 Å². The fourth-order valence-electron chi connectivity index (χ4n) is 2.36. The van der Waals surface area contributed by atoms with Gasteiger partial charge < -0.3 is 10.2 Å². The maximum atomic E-state index is 11.9. The van der Waals surface area contributed by atoms with Gasteiger partial charge in [-0.05, 0) is 19.8 Å². The summed E-state index contributed by atoms with van der Waals surface area (Å²) >= 11 is 0. The van der Waals surface area contributed by atoms with Crippen molar-refractivity contribution < 1.29 is 4.79 Å². The lowest BCUT2D eigenvalue weighted by Gasteiger charge is -2.15. The molecule has 0 spiro atoms. The van der Waals surface area contributed by atoms with Crippen molar-refractivity contribution in [3.8, 4) is 0 Å². The van der Waals surface area contributed by atoms with E-state index in [0.717, 1.165) is 43.3 Å². The van der Waals surface area contributed by atoms with Crippen molar-refractivity contribution in [2.45, 2.75) is 46.0 Å². The second-order valence-electron chi connectivity index (χ2n) is 5.67. The topological polar surface area (TPSA) is 58.1 Å². The van der Waals surface area contributed by atoms with Crippen LogP contribution in [0.4, 0.5) is 5.82 Å². The monoisotopic (exact) mass is 276 g/mol. The first-order valence-electron chi connectivity index (χ1n) is 7.43. The summed E-state index contributed by atoms with van der Waals surface area (Å²) in [6.45, 7) is 8.59. The molecule has 1 saturated heterocycles. The lowest BCUT2D eigenvalue weighted by atomic mass is 10.2. The fraction of sp³-hybridized carbons (Fsp3) is 0.667. The Morgan fingerprint density at radius 3 is 2.70 bits per heavy atom. The fourth-order valence-corrected chi connectivity index (χ4v) is 2.36. The van der Waals surface area contributed by atoms with Crippen molar-refractivity contribution in [2.24, 2.45) is 0 Å². The minimum Gasteiger partial charge on any atom is -0.369 e. The van der Waals surface area contributed by atoms with Gasteiger partial charge in [0, 0.05) is 43.7 Å². The zero-order valence-corrected chi connectivity index (χ0v) is 12.6. The number of rotatable bonds is 5. The number of aryl methyl sites for hydroxylation is 1. The van der Waals surface area contributed by atoms with Crippen molar-refractivity contribution in [2.75, 3.05) is 25.0 Å². The Bertz CT molecular complexity index is 467. The summed E-state index contributed by atoms with van der Waals surface area (Å²) in [6.07, 6.45) is 2.81. The molecule has 0 aliphatic carbocycles. The van der Waals surface area contributed by atoms with E-state index in [2.05, 4.69) is 29.1 Å².